The highest BCUT2D eigenvalue weighted by Gasteiger charge is 1.99. The van der Waals surface area contributed by atoms with Gasteiger partial charge in [-0.1, -0.05) is 91.9 Å². The molecule has 0 unspecified atom stereocenters. The Bertz CT molecular complexity index is 192. The Balaban J connectivity index is 0. The largest absolute Gasteiger partial charge is 0.356 e. The van der Waals surface area contributed by atoms with Crippen LogP contribution in [0.3, 0.4) is 0 Å². The first-order valence-corrected chi connectivity index (χ1v) is 9.58. The van der Waals surface area contributed by atoms with Gasteiger partial charge in [0.1, 0.15) is 0 Å². The highest BCUT2D eigenvalue weighted by Crippen LogP contribution is 2.11. The zero-order valence-corrected chi connectivity index (χ0v) is 15.3. The normalized spacial score (nSPS) is 9.90. The van der Waals surface area contributed by atoms with Crippen LogP contribution in [0.2, 0.25) is 0 Å². The molecular formula is C19H41NO. The van der Waals surface area contributed by atoms with Gasteiger partial charge in [-0.05, 0) is 12.8 Å². The van der Waals surface area contributed by atoms with Crippen molar-refractivity contribution in [3.63, 3.8) is 0 Å². The third kappa shape index (κ3) is 21.9. The zero-order valence-electron chi connectivity index (χ0n) is 15.3. The number of hydrogen-bond acceptors (Lipinski definition) is 1. The maximum atomic E-state index is 11.4. The van der Waals surface area contributed by atoms with Crippen molar-refractivity contribution in [2.45, 2.75) is 111 Å². The molecule has 0 atom stereocenters. The molecule has 21 heavy (non-hydrogen) atoms. The third-order valence-electron chi connectivity index (χ3n) is 3.58. The summed E-state index contributed by atoms with van der Waals surface area (Å²) in [6.45, 7) is 9.18. The van der Waals surface area contributed by atoms with Crippen molar-refractivity contribution in [3.05, 3.63) is 0 Å². The topological polar surface area (TPSA) is 29.1 Å². The predicted molar refractivity (Wildman–Crippen MR) is 95.7 cm³/mol. The number of unbranched alkanes of at least 4 members (excludes halogenated alkanes) is 10. The monoisotopic (exact) mass is 299 g/mol. The van der Waals surface area contributed by atoms with E-state index in [2.05, 4.69) is 19.2 Å². The molecule has 0 bridgehead atoms. The van der Waals surface area contributed by atoms with Crippen LogP contribution in [-0.2, 0) is 4.79 Å². The molecule has 128 valence electrons. The Kier molecular flexibility index (Phi) is 23.6. The van der Waals surface area contributed by atoms with Gasteiger partial charge in [-0.25, -0.2) is 0 Å². The van der Waals surface area contributed by atoms with Crippen molar-refractivity contribution in [1.29, 1.82) is 0 Å². The molecule has 0 aromatic heterocycles. The van der Waals surface area contributed by atoms with E-state index in [-0.39, 0.29) is 5.91 Å². The van der Waals surface area contributed by atoms with Crippen LogP contribution in [0.15, 0.2) is 0 Å². The summed E-state index contributed by atoms with van der Waals surface area (Å²) in [5.41, 5.74) is 0. The fraction of sp³-hybridized carbons (Fsp3) is 0.947. The summed E-state index contributed by atoms with van der Waals surface area (Å²) in [7, 11) is 0. The fourth-order valence-corrected chi connectivity index (χ4v) is 2.30. The number of nitrogens with one attached hydrogen (secondary N) is 1. The second-order valence-electron chi connectivity index (χ2n) is 5.64. The molecule has 1 N–H and O–H groups in total. The van der Waals surface area contributed by atoms with Gasteiger partial charge in [0.05, 0.1) is 0 Å². The molecule has 0 aliphatic carbocycles. The number of amides is 1. The van der Waals surface area contributed by atoms with Crippen LogP contribution in [0, 0.1) is 0 Å². The molecular weight excluding hydrogens is 258 g/mol. The van der Waals surface area contributed by atoms with Gasteiger partial charge in [0, 0.05) is 13.0 Å². The van der Waals surface area contributed by atoms with Gasteiger partial charge >= 0.3 is 0 Å². The minimum Gasteiger partial charge on any atom is -0.356 e. The summed E-state index contributed by atoms with van der Waals surface area (Å²) in [4.78, 5) is 11.4. The predicted octanol–water partition coefficient (Wildman–Crippen LogP) is 6.24. The summed E-state index contributed by atoms with van der Waals surface area (Å²) < 4.78 is 0. The molecule has 0 saturated carbocycles. The molecule has 0 spiro atoms. The summed E-state index contributed by atoms with van der Waals surface area (Å²) in [6, 6.07) is 0. The lowest BCUT2D eigenvalue weighted by atomic mass is 10.1. The standard InChI is InChI=1S/C17H35NO.C2H6/c1-3-5-6-7-8-9-10-11-12-13-14-15-17(19)18-16-4-2;1-2/h3-16H2,1-2H3,(H,18,19);1-2H3. The lowest BCUT2D eigenvalue weighted by molar-refractivity contribution is -0.121. The van der Waals surface area contributed by atoms with Gasteiger partial charge in [-0.2, -0.15) is 0 Å². The first-order chi connectivity index (χ1) is 10.3. The van der Waals surface area contributed by atoms with E-state index >= 15 is 0 Å². The Morgan fingerprint density at radius 2 is 1.10 bits per heavy atom. The van der Waals surface area contributed by atoms with E-state index in [9.17, 15) is 4.79 Å². The Labute approximate surface area is 134 Å². The van der Waals surface area contributed by atoms with Crippen LogP contribution in [-0.4, -0.2) is 12.5 Å². The number of carbonyl (C=O) groups is 1. The van der Waals surface area contributed by atoms with Crippen LogP contribution in [0.5, 0.6) is 0 Å². The lowest BCUT2D eigenvalue weighted by Crippen LogP contribution is -2.23. The summed E-state index contributed by atoms with van der Waals surface area (Å²) in [5.74, 6) is 0.234. The molecule has 0 aliphatic rings. The molecule has 0 rings (SSSR count). The second-order valence-corrected chi connectivity index (χ2v) is 5.64. The van der Waals surface area contributed by atoms with Crippen molar-refractivity contribution in [2.75, 3.05) is 6.54 Å². The molecule has 0 heterocycles. The third-order valence-corrected chi connectivity index (χ3v) is 3.58. The smallest absolute Gasteiger partial charge is 0.219 e. The molecule has 0 aromatic carbocycles. The second kappa shape index (κ2) is 21.8. The van der Waals surface area contributed by atoms with E-state index in [0.717, 1.165) is 25.8 Å². The number of hydrogen-bond donors (Lipinski definition) is 1. The molecule has 2 nitrogen and oxygen atoms in total. The molecule has 0 saturated heterocycles. The molecule has 2 heteroatoms. The molecule has 0 radical (unpaired) electrons. The van der Waals surface area contributed by atoms with Gasteiger partial charge < -0.3 is 5.32 Å². The quantitative estimate of drug-likeness (QED) is 0.378. The van der Waals surface area contributed by atoms with Crippen molar-refractivity contribution in [1.82, 2.24) is 5.32 Å². The number of rotatable bonds is 14. The lowest BCUT2D eigenvalue weighted by Gasteiger charge is -2.04. The molecule has 0 aromatic rings. The van der Waals surface area contributed by atoms with Crippen LogP contribution in [0.1, 0.15) is 111 Å². The van der Waals surface area contributed by atoms with Crippen molar-refractivity contribution < 1.29 is 4.79 Å². The maximum Gasteiger partial charge on any atom is 0.219 e. The van der Waals surface area contributed by atoms with Gasteiger partial charge in [0.25, 0.3) is 0 Å². The molecule has 0 aliphatic heterocycles. The first kappa shape index (κ1) is 22.7. The van der Waals surface area contributed by atoms with E-state index in [1.165, 1.54) is 64.2 Å². The van der Waals surface area contributed by atoms with Gasteiger partial charge in [0.15, 0.2) is 0 Å². The Hall–Kier alpha value is -0.530. The highest BCUT2D eigenvalue weighted by molar-refractivity contribution is 5.75. The summed E-state index contributed by atoms with van der Waals surface area (Å²) >= 11 is 0. The minimum absolute atomic E-state index is 0.234. The van der Waals surface area contributed by atoms with E-state index in [1.54, 1.807) is 0 Å². The Morgan fingerprint density at radius 3 is 1.52 bits per heavy atom. The van der Waals surface area contributed by atoms with Crippen LogP contribution in [0.25, 0.3) is 0 Å². The Morgan fingerprint density at radius 1 is 0.667 bits per heavy atom. The van der Waals surface area contributed by atoms with E-state index in [4.69, 9.17) is 0 Å². The van der Waals surface area contributed by atoms with E-state index < -0.39 is 0 Å². The average molecular weight is 300 g/mol. The van der Waals surface area contributed by atoms with Crippen LogP contribution < -0.4 is 5.32 Å². The SMILES string of the molecule is CC.CCCCCCCCCCCCCC(=O)NCCC. The van der Waals surface area contributed by atoms with Gasteiger partial charge in [-0.15, -0.1) is 0 Å². The highest BCUT2D eigenvalue weighted by atomic mass is 16.1. The average Bonchev–Trinajstić information content (AvgIpc) is 2.52. The zero-order chi connectivity index (χ0) is 16.2. The minimum atomic E-state index is 0.234. The van der Waals surface area contributed by atoms with Gasteiger partial charge in [0.2, 0.25) is 5.91 Å². The summed E-state index contributed by atoms with van der Waals surface area (Å²) in [5, 5.41) is 2.93. The van der Waals surface area contributed by atoms with E-state index in [0.29, 0.717) is 0 Å². The van der Waals surface area contributed by atoms with E-state index in [1.807, 2.05) is 13.8 Å². The van der Waals surface area contributed by atoms with Crippen molar-refractivity contribution in [3.8, 4) is 0 Å². The first-order valence-electron chi connectivity index (χ1n) is 9.58. The number of carbonyl (C=O) groups excluding carboxylic acids is 1. The van der Waals surface area contributed by atoms with Crippen molar-refractivity contribution >= 4 is 5.91 Å². The van der Waals surface area contributed by atoms with Crippen molar-refractivity contribution in [2.24, 2.45) is 0 Å². The van der Waals surface area contributed by atoms with Crippen LogP contribution >= 0.6 is 0 Å². The maximum absolute atomic E-state index is 11.4. The molecule has 1 amide bonds. The fourth-order valence-electron chi connectivity index (χ4n) is 2.30. The molecule has 0 fully saturated rings. The van der Waals surface area contributed by atoms with Crippen LogP contribution in [0.4, 0.5) is 0 Å². The van der Waals surface area contributed by atoms with Gasteiger partial charge in [-0.3, -0.25) is 4.79 Å². The summed E-state index contributed by atoms with van der Waals surface area (Å²) in [6.07, 6.45) is 16.5.